The number of furan rings is 1. The van der Waals surface area contributed by atoms with E-state index in [1.165, 1.54) is 11.1 Å². The summed E-state index contributed by atoms with van der Waals surface area (Å²) in [5, 5.41) is 0.966. The van der Waals surface area contributed by atoms with Gasteiger partial charge in [-0.05, 0) is 78.9 Å². The van der Waals surface area contributed by atoms with Crippen LogP contribution in [0.4, 0.5) is 5.69 Å². The van der Waals surface area contributed by atoms with Gasteiger partial charge in [0.2, 0.25) is 0 Å². The number of hydrogen-bond donors (Lipinski definition) is 0. The van der Waals surface area contributed by atoms with E-state index in [9.17, 15) is 0 Å². The second kappa shape index (κ2) is 12.0. The SMILES string of the molecule is Cc1oc2ccccc2c1N=C1/C(=C/c2cccc(-c3nc(-c4ccccc4)nc(-c4ccc5c(c4)C=CCC5)n3)c2)Oc2ccccc21. The minimum atomic E-state index is 0.599. The predicted octanol–water partition coefficient (Wildman–Crippen LogP) is 10.4. The van der Waals surface area contributed by atoms with Crippen LogP contribution in [-0.2, 0) is 6.42 Å². The Labute approximate surface area is 283 Å². The van der Waals surface area contributed by atoms with E-state index >= 15 is 0 Å². The van der Waals surface area contributed by atoms with Crippen molar-refractivity contribution in [3.63, 3.8) is 0 Å². The number of allylic oxidation sites excluding steroid dienone is 2. The second-order valence-corrected chi connectivity index (χ2v) is 12.2. The van der Waals surface area contributed by atoms with Gasteiger partial charge >= 0.3 is 0 Å². The number of nitrogens with zero attached hydrogens (tertiary/aromatic N) is 4. The zero-order chi connectivity index (χ0) is 32.7. The lowest BCUT2D eigenvalue weighted by Gasteiger charge is -2.13. The number of aromatic nitrogens is 3. The summed E-state index contributed by atoms with van der Waals surface area (Å²) in [7, 11) is 0. The first-order valence-electron chi connectivity index (χ1n) is 16.4. The molecular formula is C43H30N4O2. The summed E-state index contributed by atoms with van der Waals surface area (Å²) in [6.45, 7) is 1.95. The number of aliphatic imine (C=N–C) groups is 1. The number of para-hydroxylation sites is 2. The minimum Gasteiger partial charge on any atom is -0.459 e. The number of benzene rings is 5. The Morgan fingerprint density at radius 1 is 0.694 bits per heavy atom. The first-order chi connectivity index (χ1) is 24.2. The zero-order valence-electron chi connectivity index (χ0n) is 26.8. The molecular weight excluding hydrogens is 604 g/mol. The van der Waals surface area contributed by atoms with Crippen molar-refractivity contribution >= 4 is 34.5 Å². The molecule has 9 rings (SSSR count). The van der Waals surface area contributed by atoms with Crippen molar-refractivity contribution in [3.05, 3.63) is 161 Å². The fourth-order valence-electron chi connectivity index (χ4n) is 6.50. The van der Waals surface area contributed by atoms with Gasteiger partial charge < -0.3 is 9.15 Å². The maximum absolute atomic E-state index is 6.42. The Hall–Kier alpha value is -6.40. The zero-order valence-corrected chi connectivity index (χ0v) is 26.8. The highest BCUT2D eigenvalue weighted by atomic mass is 16.5. The standard InChI is InChI=1S/C43H30N4O2/c1-27-39(34-18-7-9-20-36(34)48-27)44-40-35-19-8-10-21-37(35)49-38(40)25-28-12-11-17-32(24-28)42-45-41(30-14-3-2-4-15-30)46-43(47-42)33-23-22-29-13-5-6-16-31(29)26-33/h2-4,6-12,14-26H,5,13H2,1H3/b38-25-,44-40?. The molecule has 0 amide bonds. The van der Waals surface area contributed by atoms with E-state index in [-0.39, 0.29) is 0 Å². The Bertz CT molecular complexity index is 2490. The normalized spacial score (nSPS) is 15.0. The van der Waals surface area contributed by atoms with Crippen LogP contribution in [0.1, 0.15) is 34.4 Å². The highest BCUT2D eigenvalue weighted by Crippen LogP contribution is 2.38. The quantitative estimate of drug-likeness (QED) is 0.188. The first kappa shape index (κ1) is 28.8. The molecule has 0 saturated carbocycles. The van der Waals surface area contributed by atoms with Gasteiger partial charge in [0, 0.05) is 27.6 Å². The van der Waals surface area contributed by atoms with Crippen LogP contribution in [-0.4, -0.2) is 20.7 Å². The van der Waals surface area contributed by atoms with E-state index in [4.69, 9.17) is 29.1 Å². The van der Waals surface area contributed by atoms with E-state index in [0.29, 0.717) is 23.2 Å². The molecule has 0 fully saturated rings. The number of ether oxygens (including phenoxy) is 1. The van der Waals surface area contributed by atoms with Gasteiger partial charge in [0.15, 0.2) is 23.2 Å². The van der Waals surface area contributed by atoms with Crippen LogP contribution in [0.5, 0.6) is 5.75 Å². The van der Waals surface area contributed by atoms with Crippen molar-refractivity contribution in [1.82, 2.24) is 15.0 Å². The van der Waals surface area contributed by atoms with Crippen LogP contribution in [0.15, 0.2) is 143 Å². The van der Waals surface area contributed by atoms with E-state index in [2.05, 4.69) is 42.5 Å². The molecule has 0 N–H and O–H groups in total. The largest absolute Gasteiger partial charge is 0.459 e. The van der Waals surface area contributed by atoms with Crippen LogP contribution >= 0.6 is 0 Å². The molecule has 0 bridgehead atoms. The third-order valence-corrected chi connectivity index (χ3v) is 8.95. The minimum absolute atomic E-state index is 0.599. The highest BCUT2D eigenvalue weighted by Gasteiger charge is 2.26. The van der Waals surface area contributed by atoms with Crippen LogP contribution in [0.25, 0.3) is 57.3 Å². The number of aryl methyl sites for hydroxylation is 2. The highest BCUT2D eigenvalue weighted by molar-refractivity contribution is 6.19. The molecule has 0 spiro atoms. The molecule has 2 aromatic heterocycles. The molecule has 49 heavy (non-hydrogen) atoms. The van der Waals surface area contributed by atoms with Crippen molar-refractivity contribution in [2.45, 2.75) is 19.8 Å². The van der Waals surface area contributed by atoms with Gasteiger partial charge in [-0.1, -0.05) is 97.1 Å². The first-order valence-corrected chi connectivity index (χ1v) is 16.4. The van der Waals surface area contributed by atoms with Crippen LogP contribution in [0, 0.1) is 6.92 Å². The average Bonchev–Trinajstić information content (AvgIpc) is 3.67. The topological polar surface area (TPSA) is 73.4 Å². The van der Waals surface area contributed by atoms with E-state index in [0.717, 1.165) is 74.5 Å². The summed E-state index contributed by atoms with van der Waals surface area (Å²) in [6.07, 6.45) is 8.55. The fourth-order valence-corrected chi connectivity index (χ4v) is 6.50. The van der Waals surface area contributed by atoms with E-state index in [1.807, 2.05) is 104 Å². The number of rotatable bonds is 5. The van der Waals surface area contributed by atoms with Crippen LogP contribution in [0.3, 0.4) is 0 Å². The van der Waals surface area contributed by atoms with Gasteiger partial charge in [0.05, 0.1) is 0 Å². The second-order valence-electron chi connectivity index (χ2n) is 12.2. The maximum atomic E-state index is 6.42. The Morgan fingerprint density at radius 2 is 1.43 bits per heavy atom. The average molecular weight is 635 g/mol. The lowest BCUT2D eigenvalue weighted by atomic mass is 9.95. The molecule has 3 heterocycles. The molecule has 1 aliphatic heterocycles. The molecule has 5 aromatic carbocycles. The summed E-state index contributed by atoms with van der Waals surface area (Å²) >= 11 is 0. The smallest absolute Gasteiger partial charge is 0.164 e. The van der Waals surface area contributed by atoms with Crippen molar-refractivity contribution in [3.8, 4) is 39.9 Å². The number of fused-ring (bicyclic) bond motifs is 3. The van der Waals surface area contributed by atoms with Crippen LogP contribution in [0.2, 0.25) is 0 Å². The fraction of sp³-hybridized carbons (Fsp3) is 0.0698. The maximum Gasteiger partial charge on any atom is 0.164 e. The van der Waals surface area contributed by atoms with Gasteiger partial charge in [-0.15, -0.1) is 0 Å². The molecule has 0 atom stereocenters. The third kappa shape index (κ3) is 5.43. The van der Waals surface area contributed by atoms with Crippen molar-refractivity contribution in [2.75, 3.05) is 0 Å². The molecule has 1 aliphatic carbocycles. The summed E-state index contributed by atoms with van der Waals surface area (Å²) < 4.78 is 12.5. The Balaban J connectivity index is 1.15. The van der Waals surface area contributed by atoms with Crippen molar-refractivity contribution in [2.24, 2.45) is 4.99 Å². The van der Waals surface area contributed by atoms with Gasteiger partial charge in [-0.25, -0.2) is 19.9 Å². The molecule has 0 radical (unpaired) electrons. The molecule has 7 aromatic rings. The molecule has 2 aliphatic rings. The monoisotopic (exact) mass is 634 g/mol. The molecule has 6 heteroatoms. The Kier molecular flexibility index (Phi) is 7.05. The third-order valence-electron chi connectivity index (χ3n) is 8.95. The molecule has 6 nitrogen and oxygen atoms in total. The van der Waals surface area contributed by atoms with Crippen LogP contribution < -0.4 is 4.74 Å². The number of hydrogen-bond acceptors (Lipinski definition) is 6. The summed E-state index contributed by atoms with van der Waals surface area (Å²) in [5.74, 6) is 4.05. The van der Waals surface area contributed by atoms with Gasteiger partial charge in [-0.3, -0.25) is 0 Å². The molecule has 0 unspecified atom stereocenters. The van der Waals surface area contributed by atoms with E-state index < -0.39 is 0 Å². The van der Waals surface area contributed by atoms with E-state index in [1.54, 1.807) is 0 Å². The van der Waals surface area contributed by atoms with Crippen molar-refractivity contribution < 1.29 is 9.15 Å². The molecule has 234 valence electrons. The summed E-state index contributed by atoms with van der Waals surface area (Å²) in [6, 6.07) is 40.7. The van der Waals surface area contributed by atoms with Gasteiger partial charge in [0.25, 0.3) is 0 Å². The molecule has 0 saturated heterocycles. The summed E-state index contributed by atoms with van der Waals surface area (Å²) in [5.41, 5.74) is 9.57. The van der Waals surface area contributed by atoms with Gasteiger partial charge in [0.1, 0.15) is 28.5 Å². The lowest BCUT2D eigenvalue weighted by Crippen LogP contribution is -2.02. The lowest BCUT2D eigenvalue weighted by molar-refractivity contribution is 0.473. The predicted molar refractivity (Wildman–Crippen MR) is 196 cm³/mol. The van der Waals surface area contributed by atoms with Gasteiger partial charge in [-0.2, -0.15) is 0 Å². The Morgan fingerprint density at radius 3 is 2.31 bits per heavy atom. The van der Waals surface area contributed by atoms with Crippen molar-refractivity contribution in [1.29, 1.82) is 0 Å². The summed E-state index contributed by atoms with van der Waals surface area (Å²) in [4.78, 5) is 20.1.